The van der Waals surface area contributed by atoms with Crippen LogP contribution in [0.1, 0.15) is 87.4 Å². The second-order valence-electron chi connectivity index (χ2n) is 14.4. The fraction of sp³-hybridized carbons (Fsp3) is 0.421. The largest absolute Gasteiger partial charge is 0.484 e. The molecule has 4 heterocycles. The van der Waals surface area contributed by atoms with E-state index in [0.29, 0.717) is 11.7 Å². The maximum absolute atomic E-state index is 13.5. The number of pyridine rings is 1. The molecule has 2 atom stereocenters. The van der Waals surface area contributed by atoms with E-state index in [-0.39, 0.29) is 30.2 Å². The van der Waals surface area contributed by atoms with Crippen molar-refractivity contribution in [3.05, 3.63) is 95.3 Å². The van der Waals surface area contributed by atoms with E-state index in [2.05, 4.69) is 65.6 Å². The van der Waals surface area contributed by atoms with Crippen molar-refractivity contribution in [3.63, 3.8) is 0 Å². The Morgan fingerprint density at radius 2 is 1.71 bits per heavy atom. The molecule has 256 valence electrons. The number of carbonyl (C=O) groups is 1. The average Bonchev–Trinajstić information content (AvgIpc) is 3.71. The number of nitrogens with zero attached hydrogens (tertiary/aromatic N) is 6. The quantitative estimate of drug-likeness (QED) is 0.165. The molecule has 49 heavy (non-hydrogen) atoms. The SMILES string of the molecule is Cc1ccc(-n2nc(C(C)(C)C)cc2NC(=O)N[C@H]2CC[C@@H](Oc3ccc4nnc(N5CCC(CCO)CC5)n4c3)c3ccccc32)cc1. The number of aromatic nitrogens is 5. The lowest BCUT2D eigenvalue weighted by molar-refractivity contribution is 0.171. The number of nitrogens with one attached hydrogen (secondary N) is 2. The van der Waals surface area contributed by atoms with Gasteiger partial charge in [0.25, 0.3) is 0 Å². The van der Waals surface area contributed by atoms with E-state index in [1.807, 2.05) is 65.2 Å². The number of amides is 2. The third-order valence-corrected chi connectivity index (χ3v) is 9.81. The van der Waals surface area contributed by atoms with Crippen LogP contribution in [0.15, 0.2) is 72.9 Å². The first kappa shape index (κ1) is 32.6. The number of anilines is 2. The van der Waals surface area contributed by atoms with E-state index in [9.17, 15) is 9.90 Å². The molecule has 2 aliphatic rings. The van der Waals surface area contributed by atoms with Gasteiger partial charge in [-0.1, -0.05) is 62.7 Å². The Balaban J connectivity index is 1.06. The summed E-state index contributed by atoms with van der Waals surface area (Å²) in [5.41, 5.74) is 5.65. The lowest BCUT2D eigenvalue weighted by Gasteiger charge is -2.32. The van der Waals surface area contributed by atoms with Crippen LogP contribution in [0.25, 0.3) is 11.3 Å². The number of piperidine rings is 1. The number of rotatable bonds is 8. The minimum absolute atomic E-state index is 0.166. The minimum atomic E-state index is -0.279. The second kappa shape index (κ2) is 13.5. The van der Waals surface area contributed by atoms with Crippen LogP contribution in [0, 0.1) is 12.8 Å². The highest BCUT2D eigenvalue weighted by molar-refractivity contribution is 5.89. The monoisotopic (exact) mass is 662 g/mol. The Kier molecular flexibility index (Phi) is 9.02. The molecule has 3 N–H and O–H groups in total. The van der Waals surface area contributed by atoms with Gasteiger partial charge in [-0.25, -0.2) is 9.48 Å². The van der Waals surface area contributed by atoms with Crippen LogP contribution < -0.4 is 20.3 Å². The summed E-state index contributed by atoms with van der Waals surface area (Å²) in [7, 11) is 0. The van der Waals surface area contributed by atoms with Gasteiger partial charge in [-0.2, -0.15) is 5.10 Å². The highest BCUT2D eigenvalue weighted by Crippen LogP contribution is 2.39. The zero-order chi connectivity index (χ0) is 34.1. The third kappa shape index (κ3) is 6.98. The van der Waals surface area contributed by atoms with Crippen LogP contribution in [-0.4, -0.2) is 55.2 Å². The Labute approximate surface area is 287 Å². The smallest absolute Gasteiger partial charge is 0.320 e. The highest BCUT2D eigenvalue weighted by Gasteiger charge is 2.30. The highest BCUT2D eigenvalue weighted by atomic mass is 16.5. The molecule has 5 aromatic rings. The van der Waals surface area contributed by atoms with Crippen molar-refractivity contribution >= 4 is 23.4 Å². The van der Waals surface area contributed by atoms with Crippen molar-refractivity contribution in [2.75, 3.05) is 29.9 Å². The van der Waals surface area contributed by atoms with Gasteiger partial charge in [-0.3, -0.25) is 9.72 Å². The van der Waals surface area contributed by atoms with E-state index >= 15 is 0 Å². The molecule has 0 unspecified atom stereocenters. The lowest BCUT2D eigenvalue weighted by Crippen LogP contribution is -2.36. The maximum atomic E-state index is 13.5. The third-order valence-electron chi connectivity index (χ3n) is 9.81. The number of fused-ring (bicyclic) bond motifs is 2. The van der Waals surface area contributed by atoms with Gasteiger partial charge in [0, 0.05) is 31.2 Å². The van der Waals surface area contributed by atoms with E-state index in [1.165, 1.54) is 0 Å². The van der Waals surface area contributed by atoms with Gasteiger partial charge < -0.3 is 20.1 Å². The molecule has 0 bridgehead atoms. The van der Waals surface area contributed by atoms with Crippen molar-refractivity contribution in [1.82, 2.24) is 29.7 Å². The lowest BCUT2D eigenvalue weighted by atomic mass is 9.85. The fourth-order valence-electron chi connectivity index (χ4n) is 6.97. The summed E-state index contributed by atoms with van der Waals surface area (Å²) < 4.78 is 10.5. The molecular weight excluding hydrogens is 616 g/mol. The molecule has 11 nitrogen and oxygen atoms in total. The molecule has 2 amide bonds. The molecule has 1 aliphatic heterocycles. The van der Waals surface area contributed by atoms with Crippen molar-refractivity contribution in [2.24, 2.45) is 5.92 Å². The number of ether oxygens (including phenoxy) is 1. The van der Waals surface area contributed by atoms with Crippen LogP contribution in [0.4, 0.5) is 16.6 Å². The number of carbonyl (C=O) groups excluding carboxylic acids is 1. The molecule has 7 rings (SSSR count). The first-order valence-electron chi connectivity index (χ1n) is 17.4. The van der Waals surface area contributed by atoms with Crippen molar-refractivity contribution < 1.29 is 14.6 Å². The summed E-state index contributed by atoms with van der Waals surface area (Å²) in [6, 6.07) is 21.7. The first-order valence-corrected chi connectivity index (χ1v) is 17.4. The standard InChI is InChI=1S/C38H46N8O3/c1-25-9-11-27(12-10-25)46-35(23-33(43-46)38(2,3)4)40-36(48)39-31-14-15-32(30-8-6-5-7-29(30)31)49-28-13-16-34-41-42-37(45(34)24-28)44-20-17-26(18-21-44)19-22-47/h5-13,16,23-24,26,31-32,47H,14-15,17-22H2,1-4H3,(H2,39,40,48)/t31-,32+/m0/s1. The predicted octanol–water partition coefficient (Wildman–Crippen LogP) is 6.90. The number of aryl methyl sites for hydroxylation is 1. The zero-order valence-electron chi connectivity index (χ0n) is 28.8. The zero-order valence-corrected chi connectivity index (χ0v) is 28.8. The Hall–Kier alpha value is -4.90. The van der Waals surface area contributed by atoms with Gasteiger partial charge >= 0.3 is 6.03 Å². The molecular formula is C38H46N8O3. The Bertz CT molecular complexity index is 1920. The van der Waals surface area contributed by atoms with Gasteiger partial charge in [-0.15, -0.1) is 10.2 Å². The van der Waals surface area contributed by atoms with E-state index in [4.69, 9.17) is 9.84 Å². The first-order chi connectivity index (χ1) is 23.7. The number of aliphatic hydroxyl groups is 1. The molecule has 1 aliphatic carbocycles. The topological polar surface area (TPSA) is 122 Å². The number of urea groups is 1. The van der Waals surface area contributed by atoms with Crippen LogP contribution in [-0.2, 0) is 5.41 Å². The number of aliphatic hydroxyl groups excluding tert-OH is 1. The molecule has 3 aromatic heterocycles. The van der Waals surface area contributed by atoms with Crippen molar-refractivity contribution in [3.8, 4) is 11.4 Å². The second-order valence-corrected chi connectivity index (χ2v) is 14.4. The summed E-state index contributed by atoms with van der Waals surface area (Å²) in [5.74, 6) is 2.74. The molecule has 1 fully saturated rings. The van der Waals surface area contributed by atoms with Gasteiger partial charge in [0.15, 0.2) is 5.65 Å². The maximum Gasteiger partial charge on any atom is 0.320 e. The Morgan fingerprint density at radius 1 is 0.959 bits per heavy atom. The number of benzene rings is 2. The van der Waals surface area contributed by atoms with E-state index < -0.39 is 0 Å². The van der Waals surface area contributed by atoms with Crippen LogP contribution in [0.2, 0.25) is 0 Å². The van der Waals surface area contributed by atoms with E-state index in [0.717, 1.165) is 90.6 Å². The predicted molar refractivity (Wildman–Crippen MR) is 191 cm³/mol. The normalized spacial score (nSPS) is 18.3. The van der Waals surface area contributed by atoms with Crippen LogP contribution in [0.5, 0.6) is 5.75 Å². The van der Waals surface area contributed by atoms with Gasteiger partial charge in [-0.05, 0) is 80.3 Å². The molecule has 2 aromatic carbocycles. The fourth-order valence-corrected chi connectivity index (χ4v) is 6.97. The van der Waals surface area contributed by atoms with Gasteiger partial charge in [0.1, 0.15) is 17.7 Å². The van der Waals surface area contributed by atoms with E-state index in [1.54, 1.807) is 4.68 Å². The molecule has 0 radical (unpaired) electrons. The van der Waals surface area contributed by atoms with Gasteiger partial charge in [0.05, 0.1) is 23.6 Å². The van der Waals surface area contributed by atoms with Crippen LogP contribution >= 0.6 is 0 Å². The summed E-state index contributed by atoms with van der Waals surface area (Å²) in [6.07, 6.45) is 6.20. The summed E-state index contributed by atoms with van der Waals surface area (Å²) in [5, 5.41) is 29.4. The number of hydrogen-bond acceptors (Lipinski definition) is 7. The van der Waals surface area contributed by atoms with Crippen LogP contribution in [0.3, 0.4) is 0 Å². The van der Waals surface area contributed by atoms with Crippen molar-refractivity contribution in [2.45, 2.75) is 77.4 Å². The summed E-state index contributed by atoms with van der Waals surface area (Å²) >= 11 is 0. The Morgan fingerprint density at radius 3 is 2.45 bits per heavy atom. The number of hydrogen-bond donors (Lipinski definition) is 3. The minimum Gasteiger partial charge on any atom is -0.484 e. The van der Waals surface area contributed by atoms with Gasteiger partial charge in [0.2, 0.25) is 5.95 Å². The van der Waals surface area contributed by atoms with Crippen molar-refractivity contribution in [1.29, 1.82) is 0 Å². The molecule has 1 saturated heterocycles. The summed E-state index contributed by atoms with van der Waals surface area (Å²) in [6.45, 7) is 10.4. The molecule has 11 heteroatoms. The summed E-state index contributed by atoms with van der Waals surface area (Å²) in [4.78, 5) is 15.8. The molecule has 0 saturated carbocycles. The molecule has 0 spiro atoms. The average molecular weight is 663 g/mol.